The molecule has 0 radical (unpaired) electrons. The molecule has 176 valence electrons. The Morgan fingerprint density at radius 1 is 1.00 bits per heavy atom. The number of benzene rings is 1. The molecule has 32 heavy (non-hydrogen) atoms. The van der Waals surface area contributed by atoms with Crippen LogP contribution in [0.5, 0.6) is 0 Å². The van der Waals surface area contributed by atoms with Crippen molar-refractivity contribution in [2.24, 2.45) is 0 Å². The highest BCUT2D eigenvalue weighted by Gasteiger charge is 2.31. The predicted octanol–water partition coefficient (Wildman–Crippen LogP) is 4.08. The summed E-state index contributed by atoms with van der Waals surface area (Å²) < 4.78 is 11.5. The summed E-state index contributed by atoms with van der Waals surface area (Å²) in [6, 6.07) is 0. The predicted molar refractivity (Wildman–Crippen MR) is 144 cm³/mol. The van der Waals surface area contributed by atoms with Gasteiger partial charge in [0.1, 0.15) is 6.61 Å². The van der Waals surface area contributed by atoms with Gasteiger partial charge in [0, 0.05) is 27.2 Å². The van der Waals surface area contributed by atoms with E-state index >= 15 is 0 Å². The van der Waals surface area contributed by atoms with Gasteiger partial charge in [0.05, 0.1) is 34.2 Å². The van der Waals surface area contributed by atoms with Gasteiger partial charge < -0.3 is 19.7 Å². The number of halogens is 4. The first-order chi connectivity index (χ1) is 14.8. The molecule has 0 spiro atoms. The summed E-state index contributed by atoms with van der Waals surface area (Å²) in [4.78, 5) is 61.0. The molecular weight excluding hydrogens is 784 g/mol. The SMILES string of the molecule is CCC(=O)Nc1c(I)c(C(=O)Cl)c(I)c(N(CC(COC(C)=O)OC(C)=O)C(C)=O)c1I. The summed E-state index contributed by atoms with van der Waals surface area (Å²) >= 11 is 11.6. The average molecular weight is 805 g/mol. The van der Waals surface area contributed by atoms with E-state index in [1.807, 2.05) is 67.8 Å². The van der Waals surface area contributed by atoms with Crippen molar-refractivity contribution < 1.29 is 33.4 Å². The van der Waals surface area contributed by atoms with Crippen molar-refractivity contribution in [3.05, 3.63) is 16.3 Å². The molecule has 1 N–H and O–H groups in total. The van der Waals surface area contributed by atoms with Crippen molar-refractivity contribution >= 4 is 120 Å². The number of carbonyl (C=O) groups is 5. The van der Waals surface area contributed by atoms with Crippen molar-refractivity contribution in [2.75, 3.05) is 23.4 Å². The summed E-state index contributed by atoms with van der Waals surface area (Å²) in [7, 11) is 0. The minimum Gasteiger partial charge on any atom is -0.462 e. The molecule has 9 nitrogen and oxygen atoms in total. The largest absolute Gasteiger partial charge is 0.462 e. The molecule has 0 aliphatic heterocycles. The van der Waals surface area contributed by atoms with Crippen LogP contribution in [-0.4, -0.2) is 48.3 Å². The molecule has 1 atom stereocenters. The van der Waals surface area contributed by atoms with E-state index in [1.165, 1.54) is 25.7 Å². The number of rotatable bonds is 9. The molecule has 1 rings (SSSR count). The number of hydrogen-bond acceptors (Lipinski definition) is 7. The standard InChI is InChI=1S/C19H20ClI3N2O7/c1-5-12(29)24-17-14(21)13(19(20)30)15(22)18(16(17)23)25(8(2)26)6-11(32-10(4)28)7-31-9(3)27/h11H,5-7H2,1-4H3,(H,24,29). The topological polar surface area (TPSA) is 119 Å². The molecule has 1 aromatic rings. The molecule has 0 aliphatic carbocycles. The second-order valence-corrected chi connectivity index (χ2v) is 9.96. The normalized spacial score (nSPS) is 11.4. The van der Waals surface area contributed by atoms with Crippen molar-refractivity contribution in [2.45, 2.75) is 40.2 Å². The molecule has 2 amide bonds. The van der Waals surface area contributed by atoms with Gasteiger partial charge in [-0.15, -0.1) is 0 Å². The Kier molecular flexibility index (Phi) is 12.1. The van der Waals surface area contributed by atoms with Gasteiger partial charge in [-0.1, -0.05) is 6.92 Å². The van der Waals surface area contributed by atoms with Crippen LogP contribution in [0.3, 0.4) is 0 Å². The highest BCUT2D eigenvalue weighted by atomic mass is 127. The number of amides is 2. The first-order valence-electron chi connectivity index (χ1n) is 9.10. The Bertz CT molecular complexity index is 956. The van der Waals surface area contributed by atoms with Crippen molar-refractivity contribution in [3.8, 4) is 0 Å². The summed E-state index contributed by atoms with van der Waals surface area (Å²) in [6.07, 6.45) is -0.764. The summed E-state index contributed by atoms with van der Waals surface area (Å²) in [6.45, 7) is 4.95. The molecule has 0 saturated heterocycles. The lowest BCUT2D eigenvalue weighted by Gasteiger charge is -2.30. The molecule has 0 aliphatic rings. The van der Waals surface area contributed by atoms with Gasteiger partial charge in [-0.05, 0) is 79.4 Å². The summed E-state index contributed by atoms with van der Waals surface area (Å²) in [5.41, 5.74) is 0.784. The fourth-order valence-electron chi connectivity index (χ4n) is 2.55. The van der Waals surface area contributed by atoms with Crippen LogP contribution >= 0.6 is 79.4 Å². The summed E-state index contributed by atoms with van der Waals surface area (Å²) in [5.74, 6) is -1.91. The molecule has 0 fully saturated rings. The number of ether oxygens (including phenoxy) is 2. The van der Waals surface area contributed by atoms with E-state index in [9.17, 15) is 24.0 Å². The highest BCUT2D eigenvalue weighted by Crippen LogP contribution is 2.41. The third-order valence-electron chi connectivity index (χ3n) is 3.92. The van der Waals surface area contributed by atoms with Gasteiger partial charge >= 0.3 is 11.9 Å². The van der Waals surface area contributed by atoms with Gasteiger partial charge in [-0.25, -0.2) is 0 Å². The van der Waals surface area contributed by atoms with E-state index in [2.05, 4.69) is 5.32 Å². The van der Waals surface area contributed by atoms with Gasteiger partial charge in [0.25, 0.3) is 5.24 Å². The quantitative estimate of drug-likeness (QED) is 0.227. The van der Waals surface area contributed by atoms with Crippen LogP contribution in [0.15, 0.2) is 0 Å². The zero-order valence-electron chi connectivity index (χ0n) is 17.5. The van der Waals surface area contributed by atoms with Crippen molar-refractivity contribution in [1.29, 1.82) is 0 Å². The number of esters is 2. The average Bonchev–Trinajstić information content (AvgIpc) is 2.67. The third-order valence-corrected chi connectivity index (χ3v) is 7.29. The Morgan fingerprint density at radius 3 is 2.03 bits per heavy atom. The molecule has 0 saturated carbocycles. The number of anilines is 2. The zero-order valence-corrected chi connectivity index (χ0v) is 24.7. The minimum absolute atomic E-state index is 0.130. The van der Waals surface area contributed by atoms with E-state index in [4.69, 9.17) is 21.1 Å². The molecule has 0 aromatic heterocycles. The Hall–Kier alpha value is -0.750. The van der Waals surface area contributed by atoms with Crippen LogP contribution in [0.4, 0.5) is 11.4 Å². The number of carbonyl (C=O) groups excluding carboxylic acids is 5. The highest BCUT2D eigenvalue weighted by molar-refractivity contribution is 14.1. The molecule has 1 aromatic carbocycles. The van der Waals surface area contributed by atoms with Gasteiger partial charge in [-0.2, -0.15) is 0 Å². The van der Waals surface area contributed by atoms with Gasteiger partial charge in [0.2, 0.25) is 11.8 Å². The van der Waals surface area contributed by atoms with E-state index in [0.29, 0.717) is 22.1 Å². The van der Waals surface area contributed by atoms with Crippen LogP contribution < -0.4 is 10.2 Å². The van der Waals surface area contributed by atoms with Crippen LogP contribution in [0.25, 0.3) is 0 Å². The van der Waals surface area contributed by atoms with E-state index < -0.39 is 29.2 Å². The fraction of sp³-hybridized carbons (Fsp3) is 0.421. The first kappa shape index (κ1) is 29.3. The van der Waals surface area contributed by atoms with Crippen LogP contribution in [-0.2, 0) is 28.7 Å². The second-order valence-electron chi connectivity index (χ2n) is 6.38. The molecule has 0 heterocycles. The lowest BCUT2D eigenvalue weighted by molar-refractivity contribution is -0.155. The first-order valence-corrected chi connectivity index (χ1v) is 12.7. The van der Waals surface area contributed by atoms with Crippen molar-refractivity contribution in [1.82, 2.24) is 0 Å². The monoisotopic (exact) mass is 804 g/mol. The number of hydrogen-bond donors (Lipinski definition) is 1. The molecule has 0 bridgehead atoms. The lowest BCUT2D eigenvalue weighted by Crippen LogP contribution is -2.41. The maximum atomic E-state index is 12.6. The van der Waals surface area contributed by atoms with Gasteiger partial charge in [0.15, 0.2) is 6.10 Å². The Labute approximate surface area is 231 Å². The van der Waals surface area contributed by atoms with E-state index in [-0.39, 0.29) is 31.0 Å². The number of nitrogens with one attached hydrogen (secondary N) is 1. The van der Waals surface area contributed by atoms with Crippen LogP contribution in [0.2, 0.25) is 0 Å². The zero-order chi connectivity index (χ0) is 24.7. The Morgan fingerprint density at radius 2 is 1.59 bits per heavy atom. The molecule has 13 heteroatoms. The molecular formula is C19H20ClI3N2O7. The maximum absolute atomic E-state index is 12.6. The van der Waals surface area contributed by atoms with Gasteiger partial charge in [-0.3, -0.25) is 24.0 Å². The molecule has 1 unspecified atom stereocenters. The summed E-state index contributed by atoms with van der Waals surface area (Å²) in [5, 5.41) is 1.99. The fourth-order valence-corrected chi connectivity index (χ4v) is 7.56. The minimum atomic E-state index is -0.963. The Balaban J connectivity index is 3.67. The van der Waals surface area contributed by atoms with Crippen LogP contribution in [0, 0.1) is 10.7 Å². The smallest absolute Gasteiger partial charge is 0.303 e. The van der Waals surface area contributed by atoms with E-state index in [0.717, 1.165) is 0 Å². The number of nitrogens with zero attached hydrogens (tertiary/aromatic N) is 1. The third kappa shape index (κ3) is 7.93. The lowest BCUT2D eigenvalue weighted by atomic mass is 10.1. The van der Waals surface area contributed by atoms with E-state index in [1.54, 1.807) is 6.92 Å². The van der Waals surface area contributed by atoms with Crippen molar-refractivity contribution in [3.63, 3.8) is 0 Å². The maximum Gasteiger partial charge on any atom is 0.303 e. The van der Waals surface area contributed by atoms with Crippen LogP contribution in [0.1, 0.15) is 44.5 Å². The second kappa shape index (κ2) is 13.2.